The first kappa shape index (κ1) is 16.4. The van der Waals surface area contributed by atoms with E-state index in [1.807, 2.05) is 0 Å². The van der Waals surface area contributed by atoms with Gasteiger partial charge in [-0.2, -0.15) is 0 Å². The highest BCUT2D eigenvalue weighted by molar-refractivity contribution is 5.98. The van der Waals surface area contributed by atoms with Gasteiger partial charge in [0.2, 0.25) is 5.91 Å². The fourth-order valence-electron chi connectivity index (χ4n) is 1.62. The molecule has 2 amide bonds. The molecule has 0 radical (unpaired) electrons. The van der Waals surface area contributed by atoms with E-state index in [0.717, 1.165) is 6.08 Å². The third-order valence-electron chi connectivity index (χ3n) is 2.73. The summed E-state index contributed by atoms with van der Waals surface area (Å²) in [6.45, 7) is 2.01. The lowest BCUT2D eigenvalue weighted by molar-refractivity contribution is -0.131. The summed E-state index contributed by atoms with van der Waals surface area (Å²) in [5, 5.41) is 11.1. The summed E-state index contributed by atoms with van der Waals surface area (Å²) >= 11 is 0. The van der Waals surface area contributed by atoms with Crippen LogP contribution in [0.4, 0.5) is 0 Å². The Morgan fingerprint density at radius 3 is 2.71 bits per heavy atom. The molecule has 112 valence electrons. The molecule has 0 saturated heterocycles. The quantitative estimate of drug-likeness (QED) is 0.738. The maximum atomic E-state index is 12.4. The van der Waals surface area contributed by atoms with E-state index >= 15 is 0 Å². The van der Waals surface area contributed by atoms with Gasteiger partial charge in [-0.15, -0.1) is 0 Å². The largest absolute Gasteiger partial charge is 0.478 e. The van der Waals surface area contributed by atoms with Crippen LogP contribution in [0, 0.1) is 0 Å². The Bertz CT molecular complexity index is 569. The Hall–Kier alpha value is -2.70. The number of carbonyl (C=O) groups is 3. The molecule has 0 aliphatic rings. The van der Waals surface area contributed by atoms with Crippen molar-refractivity contribution in [3.63, 3.8) is 0 Å². The van der Waals surface area contributed by atoms with E-state index in [1.54, 1.807) is 19.1 Å². The summed E-state index contributed by atoms with van der Waals surface area (Å²) < 4.78 is 0. The van der Waals surface area contributed by atoms with Crippen LogP contribution >= 0.6 is 0 Å². The van der Waals surface area contributed by atoms with Crippen molar-refractivity contribution in [2.75, 3.05) is 20.1 Å². The molecule has 0 fully saturated rings. The van der Waals surface area contributed by atoms with Crippen molar-refractivity contribution in [3.8, 4) is 0 Å². The van der Waals surface area contributed by atoms with Crippen LogP contribution in [0.25, 0.3) is 6.08 Å². The van der Waals surface area contributed by atoms with Crippen molar-refractivity contribution in [3.05, 3.63) is 35.7 Å². The molecule has 7 heteroatoms. The van der Waals surface area contributed by atoms with Crippen molar-refractivity contribution in [2.45, 2.75) is 6.92 Å². The van der Waals surface area contributed by atoms with Gasteiger partial charge >= 0.3 is 5.97 Å². The van der Waals surface area contributed by atoms with Gasteiger partial charge in [-0.05, 0) is 19.1 Å². The maximum Gasteiger partial charge on any atom is 0.328 e. The summed E-state index contributed by atoms with van der Waals surface area (Å²) in [7, 11) is 1.49. The first-order valence-corrected chi connectivity index (χ1v) is 6.35. The number of pyridine rings is 1. The van der Waals surface area contributed by atoms with Gasteiger partial charge in [0.05, 0.1) is 6.54 Å². The predicted molar refractivity (Wildman–Crippen MR) is 76.6 cm³/mol. The SMILES string of the molecule is CCN(CC(=O)NC)C(=O)c1ncccc1/C=C/C(=O)O. The summed E-state index contributed by atoms with van der Waals surface area (Å²) in [5.74, 6) is -1.83. The standard InChI is InChI=1S/C14H17N3O4/c1-3-17(9-11(18)15-2)14(21)13-10(5-4-8-16-13)6-7-12(19)20/h4-8H,3,9H2,1-2H3,(H,15,18)(H,19,20)/b7-6+. The van der Waals surface area contributed by atoms with Crippen molar-refractivity contribution in [1.82, 2.24) is 15.2 Å². The van der Waals surface area contributed by atoms with Crippen LogP contribution < -0.4 is 5.32 Å². The number of hydrogen-bond acceptors (Lipinski definition) is 4. The lowest BCUT2D eigenvalue weighted by atomic mass is 10.1. The number of nitrogens with zero attached hydrogens (tertiary/aromatic N) is 2. The second-order valence-corrected chi connectivity index (χ2v) is 4.11. The molecule has 1 heterocycles. The zero-order chi connectivity index (χ0) is 15.8. The van der Waals surface area contributed by atoms with Gasteiger partial charge in [0.1, 0.15) is 5.69 Å². The van der Waals surface area contributed by atoms with Crippen LogP contribution in [0.15, 0.2) is 24.4 Å². The average molecular weight is 291 g/mol. The molecular formula is C14H17N3O4. The Balaban J connectivity index is 3.05. The number of hydrogen-bond donors (Lipinski definition) is 2. The Morgan fingerprint density at radius 2 is 2.14 bits per heavy atom. The van der Waals surface area contributed by atoms with Gasteiger partial charge in [0.25, 0.3) is 5.91 Å². The molecule has 7 nitrogen and oxygen atoms in total. The first-order chi connectivity index (χ1) is 9.99. The number of nitrogens with one attached hydrogen (secondary N) is 1. The van der Waals surface area contributed by atoms with E-state index in [0.29, 0.717) is 12.1 Å². The highest BCUT2D eigenvalue weighted by Gasteiger charge is 2.20. The fourth-order valence-corrected chi connectivity index (χ4v) is 1.62. The van der Waals surface area contributed by atoms with Gasteiger partial charge in [0.15, 0.2) is 0 Å². The van der Waals surface area contributed by atoms with Crippen molar-refractivity contribution in [2.24, 2.45) is 0 Å². The third kappa shape index (κ3) is 4.72. The molecule has 0 bridgehead atoms. The fraction of sp³-hybridized carbons (Fsp3) is 0.286. The zero-order valence-corrected chi connectivity index (χ0v) is 11.9. The van der Waals surface area contributed by atoms with E-state index in [4.69, 9.17) is 5.11 Å². The molecule has 1 rings (SSSR count). The third-order valence-corrected chi connectivity index (χ3v) is 2.73. The zero-order valence-electron chi connectivity index (χ0n) is 11.9. The van der Waals surface area contributed by atoms with Crippen LogP contribution in [0.1, 0.15) is 23.0 Å². The number of carboxylic acids is 1. The van der Waals surface area contributed by atoms with Crippen molar-refractivity contribution in [1.29, 1.82) is 0 Å². The molecule has 2 N–H and O–H groups in total. The molecule has 0 aliphatic heterocycles. The summed E-state index contributed by atoms with van der Waals surface area (Å²) in [5.41, 5.74) is 0.501. The number of aromatic nitrogens is 1. The van der Waals surface area contributed by atoms with Gasteiger partial charge in [-0.1, -0.05) is 6.07 Å². The first-order valence-electron chi connectivity index (χ1n) is 6.35. The molecule has 0 saturated carbocycles. The van der Waals surface area contributed by atoms with Gasteiger partial charge < -0.3 is 15.3 Å². The smallest absolute Gasteiger partial charge is 0.328 e. The Kier molecular flexibility index (Phi) is 6.06. The maximum absolute atomic E-state index is 12.4. The predicted octanol–water partition coefficient (Wildman–Crippen LogP) is 0.387. The minimum atomic E-state index is -1.12. The highest BCUT2D eigenvalue weighted by atomic mass is 16.4. The Labute approximate surface area is 122 Å². The van der Waals surface area contributed by atoms with E-state index in [2.05, 4.69) is 10.3 Å². The number of amides is 2. The molecule has 0 aliphatic carbocycles. The van der Waals surface area contributed by atoms with Gasteiger partial charge in [0, 0.05) is 31.4 Å². The number of aliphatic carboxylic acids is 1. The number of rotatable bonds is 6. The second-order valence-electron chi connectivity index (χ2n) is 4.11. The van der Waals surface area contributed by atoms with E-state index in [1.165, 1.54) is 24.2 Å². The minimum absolute atomic E-state index is 0.0789. The van der Waals surface area contributed by atoms with Crippen LogP contribution in [0.3, 0.4) is 0 Å². The molecule has 1 aromatic rings. The minimum Gasteiger partial charge on any atom is -0.478 e. The van der Waals surface area contributed by atoms with E-state index in [9.17, 15) is 14.4 Å². The van der Waals surface area contributed by atoms with Crippen molar-refractivity contribution >= 4 is 23.9 Å². The van der Waals surface area contributed by atoms with E-state index in [-0.39, 0.29) is 18.1 Å². The highest BCUT2D eigenvalue weighted by Crippen LogP contribution is 2.11. The molecule has 0 aromatic carbocycles. The monoisotopic (exact) mass is 291 g/mol. The molecule has 0 spiro atoms. The normalized spacial score (nSPS) is 10.4. The molecule has 0 unspecified atom stereocenters. The van der Waals surface area contributed by atoms with Crippen LogP contribution in [-0.2, 0) is 9.59 Å². The topological polar surface area (TPSA) is 99.6 Å². The lowest BCUT2D eigenvalue weighted by Crippen LogP contribution is -2.40. The summed E-state index contributed by atoms with van der Waals surface area (Å²) in [6.07, 6.45) is 3.68. The Morgan fingerprint density at radius 1 is 1.43 bits per heavy atom. The van der Waals surface area contributed by atoms with E-state index < -0.39 is 11.9 Å². The summed E-state index contributed by atoms with van der Waals surface area (Å²) in [6, 6.07) is 3.20. The van der Waals surface area contributed by atoms with Gasteiger partial charge in [-0.25, -0.2) is 4.79 Å². The molecule has 21 heavy (non-hydrogen) atoms. The van der Waals surface area contributed by atoms with Crippen LogP contribution in [0.2, 0.25) is 0 Å². The second kappa shape index (κ2) is 7.78. The average Bonchev–Trinajstić information content (AvgIpc) is 2.49. The molecule has 1 aromatic heterocycles. The van der Waals surface area contributed by atoms with Crippen LogP contribution in [-0.4, -0.2) is 52.9 Å². The summed E-state index contributed by atoms with van der Waals surface area (Å²) in [4.78, 5) is 39.7. The van der Waals surface area contributed by atoms with Gasteiger partial charge in [-0.3, -0.25) is 14.6 Å². The van der Waals surface area contributed by atoms with Crippen molar-refractivity contribution < 1.29 is 19.5 Å². The molecular weight excluding hydrogens is 274 g/mol. The molecule has 0 atom stereocenters. The van der Waals surface area contributed by atoms with Crippen LogP contribution in [0.5, 0.6) is 0 Å². The number of carboxylic acid groups (broad SMARTS) is 1. The lowest BCUT2D eigenvalue weighted by Gasteiger charge is -2.20. The number of carbonyl (C=O) groups excluding carboxylic acids is 2. The number of likely N-dealkylation sites (N-methyl/N-ethyl adjacent to an activating group) is 2.